The zero-order valence-corrected chi connectivity index (χ0v) is 15.5. The molecule has 0 fully saturated rings. The van der Waals surface area contributed by atoms with Crippen molar-refractivity contribution in [3.8, 4) is 0 Å². The standard InChI is InChI=1S/C19H26N2O4/c1-13-7-8-16-14(11-13)15(17(22)24-5)12-21(16)10-6-9-20-18(23)25-19(2,3)4/h7-8,11-12H,6,9-10H2,1-5H3,(H,20,23). The number of benzene rings is 1. The highest BCUT2D eigenvalue weighted by Crippen LogP contribution is 2.23. The predicted octanol–water partition coefficient (Wildman–Crippen LogP) is 3.65. The molecule has 0 aliphatic heterocycles. The molecular formula is C19H26N2O4. The Kier molecular flexibility index (Phi) is 5.72. The van der Waals surface area contributed by atoms with Gasteiger partial charge in [0.15, 0.2) is 0 Å². The monoisotopic (exact) mass is 346 g/mol. The van der Waals surface area contributed by atoms with Gasteiger partial charge in [0.05, 0.1) is 12.7 Å². The Labute approximate surface area is 148 Å². The second-order valence-corrected chi connectivity index (χ2v) is 7.03. The van der Waals surface area contributed by atoms with Gasteiger partial charge >= 0.3 is 12.1 Å². The largest absolute Gasteiger partial charge is 0.465 e. The van der Waals surface area contributed by atoms with E-state index in [4.69, 9.17) is 9.47 Å². The first kappa shape index (κ1) is 18.8. The van der Waals surface area contributed by atoms with Crippen LogP contribution in [0.15, 0.2) is 24.4 Å². The van der Waals surface area contributed by atoms with Crippen LogP contribution in [0.3, 0.4) is 0 Å². The maximum absolute atomic E-state index is 12.0. The Morgan fingerprint density at radius 1 is 1.24 bits per heavy atom. The summed E-state index contributed by atoms with van der Waals surface area (Å²) in [6.45, 7) is 8.64. The maximum Gasteiger partial charge on any atom is 0.407 e. The van der Waals surface area contributed by atoms with Crippen molar-refractivity contribution in [2.45, 2.75) is 46.3 Å². The van der Waals surface area contributed by atoms with Crippen molar-refractivity contribution in [1.29, 1.82) is 0 Å². The molecule has 0 bridgehead atoms. The molecule has 0 aliphatic carbocycles. The summed E-state index contributed by atoms with van der Waals surface area (Å²) < 4.78 is 12.1. The van der Waals surface area contributed by atoms with E-state index in [0.717, 1.165) is 22.9 Å². The quantitative estimate of drug-likeness (QED) is 0.663. The van der Waals surface area contributed by atoms with Crippen LogP contribution < -0.4 is 5.32 Å². The number of carbonyl (C=O) groups excluding carboxylic acids is 2. The lowest BCUT2D eigenvalue weighted by molar-refractivity contribution is 0.0525. The van der Waals surface area contributed by atoms with E-state index < -0.39 is 11.7 Å². The summed E-state index contributed by atoms with van der Waals surface area (Å²) in [5, 5.41) is 3.62. The minimum atomic E-state index is -0.506. The van der Waals surface area contributed by atoms with Gasteiger partial charge in [-0.2, -0.15) is 0 Å². The summed E-state index contributed by atoms with van der Waals surface area (Å²) in [6, 6.07) is 5.99. The molecule has 0 saturated heterocycles. The molecular weight excluding hydrogens is 320 g/mol. The van der Waals surface area contributed by atoms with Crippen LogP contribution in [0.25, 0.3) is 10.9 Å². The Bertz CT molecular complexity index is 772. The van der Waals surface area contributed by atoms with E-state index in [9.17, 15) is 9.59 Å². The summed E-state index contributed by atoms with van der Waals surface area (Å²) in [6.07, 6.45) is 2.11. The molecule has 0 aliphatic rings. The smallest absolute Gasteiger partial charge is 0.407 e. The highest BCUT2D eigenvalue weighted by molar-refractivity contribution is 6.04. The molecule has 0 saturated carbocycles. The van der Waals surface area contributed by atoms with E-state index in [1.807, 2.05) is 56.7 Å². The third-order valence-corrected chi connectivity index (χ3v) is 3.69. The first-order valence-corrected chi connectivity index (χ1v) is 8.36. The summed E-state index contributed by atoms with van der Waals surface area (Å²) in [7, 11) is 1.38. The number of nitrogens with zero attached hydrogens (tertiary/aromatic N) is 1. The van der Waals surface area contributed by atoms with Crippen molar-refractivity contribution in [2.24, 2.45) is 0 Å². The van der Waals surface area contributed by atoms with Gasteiger partial charge in [0.1, 0.15) is 5.60 Å². The predicted molar refractivity (Wildman–Crippen MR) is 96.9 cm³/mol. The van der Waals surface area contributed by atoms with Gasteiger partial charge in [0.25, 0.3) is 0 Å². The SMILES string of the molecule is COC(=O)c1cn(CCCNC(=O)OC(C)(C)C)c2ccc(C)cc12. The molecule has 1 heterocycles. The third-order valence-electron chi connectivity index (χ3n) is 3.69. The minimum Gasteiger partial charge on any atom is -0.465 e. The summed E-state index contributed by atoms with van der Waals surface area (Å²) in [5.41, 5.74) is 2.11. The van der Waals surface area contributed by atoms with Crippen molar-refractivity contribution in [3.63, 3.8) is 0 Å². The number of ether oxygens (including phenoxy) is 2. The number of hydrogen-bond acceptors (Lipinski definition) is 4. The number of carbonyl (C=O) groups is 2. The zero-order chi connectivity index (χ0) is 18.6. The van der Waals surface area contributed by atoms with Gasteiger partial charge < -0.3 is 19.4 Å². The molecule has 0 radical (unpaired) electrons. The van der Waals surface area contributed by atoms with E-state index in [0.29, 0.717) is 18.7 Å². The number of nitrogens with one attached hydrogen (secondary N) is 1. The lowest BCUT2D eigenvalue weighted by Gasteiger charge is -2.19. The molecule has 0 spiro atoms. The molecule has 0 unspecified atom stereocenters. The van der Waals surface area contributed by atoms with Crippen molar-refractivity contribution in [3.05, 3.63) is 35.5 Å². The number of esters is 1. The van der Waals surface area contributed by atoms with E-state index in [1.165, 1.54) is 7.11 Å². The molecule has 2 aromatic rings. The average Bonchev–Trinajstić information content (AvgIpc) is 2.87. The number of alkyl carbamates (subject to hydrolysis) is 1. The molecule has 1 N–H and O–H groups in total. The summed E-state index contributed by atoms with van der Waals surface area (Å²) >= 11 is 0. The van der Waals surface area contributed by atoms with E-state index >= 15 is 0 Å². The van der Waals surface area contributed by atoms with Crippen LogP contribution in [-0.4, -0.2) is 35.9 Å². The average molecular weight is 346 g/mol. The minimum absolute atomic E-state index is 0.346. The van der Waals surface area contributed by atoms with Gasteiger partial charge in [-0.15, -0.1) is 0 Å². The van der Waals surface area contributed by atoms with E-state index in [-0.39, 0.29) is 5.97 Å². The Morgan fingerprint density at radius 3 is 2.60 bits per heavy atom. The fourth-order valence-corrected chi connectivity index (χ4v) is 2.62. The van der Waals surface area contributed by atoms with Crippen LogP contribution >= 0.6 is 0 Å². The number of hydrogen-bond donors (Lipinski definition) is 1. The normalized spacial score (nSPS) is 11.4. The molecule has 2 rings (SSSR count). The molecule has 6 heteroatoms. The van der Waals surface area contributed by atoms with Gasteiger partial charge in [0, 0.05) is 30.2 Å². The highest BCUT2D eigenvalue weighted by atomic mass is 16.6. The second-order valence-electron chi connectivity index (χ2n) is 7.03. The number of fused-ring (bicyclic) bond motifs is 1. The van der Waals surface area contributed by atoms with Crippen molar-refractivity contribution in [2.75, 3.05) is 13.7 Å². The van der Waals surface area contributed by atoms with Crippen LogP contribution in [0, 0.1) is 6.92 Å². The van der Waals surface area contributed by atoms with Crippen LogP contribution in [-0.2, 0) is 16.0 Å². The van der Waals surface area contributed by atoms with Crippen molar-refractivity contribution < 1.29 is 19.1 Å². The second kappa shape index (κ2) is 7.59. The van der Waals surface area contributed by atoms with E-state index in [2.05, 4.69) is 5.32 Å². The molecule has 25 heavy (non-hydrogen) atoms. The zero-order valence-electron chi connectivity index (χ0n) is 15.5. The van der Waals surface area contributed by atoms with Crippen molar-refractivity contribution >= 4 is 23.0 Å². The maximum atomic E-state index is 12.0. The highest BCUT2D eigenvalue weighted by Gasteiger charge is 2.17. The van der Waals surface area contributed by atoms with Gasteiger partial charge in [-0.1, -0.05) is 11.6 Å². The molecule has 1 aromatic carbocycles. The van der Waals surface area contributed by atoms with Crippen LogP contribution in [0.5, 0.6) is 0 Å². The first-order valence-electron chi connectivity index (χ1n) is 8.36. The molecule has 136 valence electrons. The van der Waals surface area contributed by atoms with Gasteiger partial charge in [-0.25, -0.2) is 9.59 Å². The van der Waals surface area contributed by atoms with Gasteiger partial charge in [-0.3, -0.25) is 0 Å². The lowest BCUT2D eigenvalue weighted by atomic mass is 10.1. The summed E-state index contributed by atoms with van der Waals surface area (Å²) in [5.74, 6) is -0.346. The van der Waals surface area contributed by atoms with Gasteiger partial charge in [-0.05, 0) is 46.2 Å². The number of amides is 1. The topological polar surface area (TPSA) is 69.6 Å². The molecule has 6 nitrogen and oxygen atoms in total. The van der Waals surface area contributed by atoms with Crippen LogP contribution in [0.1, 0.15) is 43.1 Å². The fourth-order valence-electron chi connectivity index (χ4n) is 2.62. The molecule has 0 atom stereocenters. The van der Waals surface area contributed by atoms with Crippen LogP contribution in [0.2, 0.25) is 0 Å². The number of methoxy groups -OCH3 is 1. The molecule has 1 amide bonds. The summed E-state index contributed by atoms with van der Waals surface area (Å²) in [4.78, 5) is 23.6. The third kappa shape index (κ3) is 4.98. The Morgan fingerprint density at radius 2 is 1.96 bits per heavy atom. The number of rotatable bonds is 5. The number of aryl methyl sites for hydroxylation is 2. The first-order chi connectivity index (χ1) is 11.7. The van der Waals surface area contributed by atoms with Gasteiger partial charge in [0.2, 0.25) is 0 Å². The fraction of sp³-hybridized carbons (Fsp3) is 0.474. The Hall–Kier alpha value is -2.50. The molecule has 1 aromatic heterocycles. The number of aromatic nitrogens is 1. The Balaban J connectivity index is 2.04. The van der Waals surface area contributed by atoms with Crippen LogP contribution in [0.4, 0.5) is 4.79 Å². The lowest BCUT2D eigenvalue weighted by Crippen LogP contribution is -2.33. The van der Waals surface area contributed by atoms with Crippen molar-refractivity contribution in [1.82, 2.24) is 9.88 Å². The van der Waals surface area contributed by atoms with E-state index in [1.54, 1.807) is 0 Å².